The third-order valence-corrected chi connectivity index (χ3v) is 4.72. The van der Waals surface area contributed by atoms with Crippen molar-refractivity contribution in [2.24, 2.45) is 0 Å². The quantitative estimate of drug-likeness (QED) is 0.652. The zero-order valence-electron chi connectivity index (χ0n) is 15.7. The highest BCUT2D eigenvalue weighted by atomic mass is 16.5. The van der Waals surface area contributed by atoms with Crippen molar-refractivity contribution in [2.45, 2.75) is 6.17 Å². The van der Waals surface area contributed by atoms with Gasteiger partial charge in [0.15, 0.2) is 0 Å². The van der Waals surface area contributed by atoms with Crippen LogP contribution >= 0.6 is 0 Å². The molecule has 1 heterocycles. The molecule has 0 saturated carbocycles. The summed E-state index contributed by atoms with van der Waals surface area (Å²) in [4.78, 5) is 14.3. The zero-order chi connectivity index (χ0) is 19.3. The van der Waals surface area contributed by atoms with Gasteiger partial charge in [-0.05, 0) is 42.0 Å². The minimum Gasteiger partial charge on any atom is -0.490 e. The van der Waals surface area contributed by atoms with Crippen LogP contribution in [0.4, 0.5) is 5.69 Å². The first-order valence-corrected chi connectivity index (χ1v) is 9.26. The van der Waals surface area contributed by atoms with Gasteiger partial charge in [0.05, 0.1) is 5.56 Å². The fraction of sp³-hybridized carbons (Fsp3) is 0.174. The Hall–Kier alpha value is -3.47. The number of nitrogens with one attached hydrogen (secondary N) is 1. The molecule has 0 fully saturated rings. The summed E-state index contributed by atoms with van der Waals surface area (Å²) in [5.74, 6) is 1.61. The van der Waals surface area contributed by atoms with E-state index in [1.807, 2.05) is 78.9 Å². The minimum atomic E-state index is -0.210. The SMILES string of the molecule is CN1C(=O)c2ccccc2NC1c1ccc(OCCOc2ccccc2)cc1. The standard InChI is InChI=1S/C23H22N2O3/c1-25-22(24-21-10-6-5-9-20(21)23(25)26)17-11-13-19(14-12-17)28-16-15-27-18-7-3-2-4-8-18/h2-14,22,24H,15-16H2,1H3. The Kier molecular flexibility index (Phi) is 5.15. The van der Waals surface area contributed by atoms with Gasteiger partial charge in [0.2, 0.25) is 0 Å². The first kappa shape index (κ1) is 17.9. The zero-order valence-corrected chi connectivity index (χ0v) is 15.7. The molecule has 3 aromatic rings. The third kappa shape index (κ3) is 3.78. The molecule has 1 N–H and O–H groups in total. The number of nitrogens with zero attached hydrogens (tertiary/aromatic N) is 1. The number of para-hydroxylation sites is 2. The van der Waals surface area contributed by atoms with Crippen molar-refractivity contribution in [3.05, 3.63) is 90.0 Å². The second kappa shape index (κ2) is 8.05. The minimum absolute atomic E-state index is 0.0118. The molecule has 4 rings (SSSR count). The summed E-state index contributed by atoms with van der Waals surface area (Å²) in [6.07, 6.45) is -0.210. The summed E-state index contributed by atoms with van der Waals surface area (Å²) in [7, 11) is 1.81. The summed E-state index contributed by atoms with van der Waals surface area (Å²) in [6, 6.07) is 25.0. The van der Waals surface area contributed by atoms with E-state index in [0.29, 0.717) is 18.8 Å². The summed E-state index contributed by atoms with van der Waals surface area (Å²) in [6.45, 7) is 0.936. The number of anilines is 1. The van der Waals surface area contributed by atoms with Gasteiger partial charge in [0, 0.05) is 12.7 Å². The van der Waals surface area contributed by atoms with Crippen molar-refractivity contribution in [3.63, 3.8) is 0 Å². The van der Waals surface area contributed by atoms with Crippen molar-refractivity contribution in [1.82, 2.24) is 4.90 Å². The number of carbonyl (C=O) groups excluding carboxylic acids is 1. The van der Waals surface area contributed by atoms with E-state index in [1.165, 1.54) is 0 Å². The van der Waals surface area contributed by atoms with Crippen LogP contribution in [0, 0.1) is 0 Å². The van der Waals surface area contributed by atoms with Gasteiger partial charge in [-0.3, -0.25) is 4.79 Å². The molecular formula is C23H22N2O3. The number of carbonyl (C=O) groups is 1. The van der Waals surface area contributed by atoms with E-state index in [9.17, 15) is 4.79 Å². The van der Waals surface area contributed by atoms with Crippen molar-refractivity contribution >= 4 is 11.6 Å². The molecule has 5 heteroatoms. The van der Waals surface area contributed by atoms with E-state index in [-0.39, 0.29) is 12.1 Å². The average Bonchev–Trinajstić information content (AvgIpc) is 2.75. The molecule has 0 aromatic heterocycles. The van der Waals surface area contributed by atoms with Crippen LogP contribution in [0.1, 0.15) is 22.1 Å². The van der Waals surface area contributed by atoms with Gasteiger partial charge in [-0.25, -0.2) is 0 Å². The van der Waals surface area contributed by atoms with Gasteiger partial charge in [0.1, 0.15) is 30.9 Å². The topological polar surface area (TPSA) is 50.8 Å². The fourth-order valence-corrected chi connectivity index (χ4v) is 3.24. The molecule has 0 radical (unpaired) electrons. The van der Waals surface area contributed by atoms with Crippen LogP contribution in [-0.4, -0.2) is 31.1 Å². The van der Waals surface area contributed by atoms with Gasteiger partial charge in [-0.2, -0.15) is 0 Å². The largest absolute Gasteiger partial charge is 0.490 e. The molecule has 142 valence electrons. The van der Waals surface area contributed by atoms with Gasteiger partial charge in [-0.1, -0.05) is 42.5 Å². The number of hydrogen-bond donors (Lipinski definition) is 1. The van der Waals surface area contributed by atoms with Gasteiger partial charge in [0.25, 0.3) is 5.91 Å². The van der Waals surface area contributed by atoms with Crippen LogP contribution < -0.4 is 14.8 Å². The Morgan fingerprint density at radius 3 is 2.14 bits per heavy atom. The first-order valence-electron chi connectivity index (χ1n) is 9.26. The Morgan fingerprint density at radius 1 is 0.821 bits per heavy atom. The lowest BCUT2D eigenvalue weighted by Crippen LogP contribution is -2.40. The van der Waals surface area contributed by atoms with E-state index in [1.54, 1.807) is 11.9 Å². The molecule has 1 aliphatic rings. The lowest BCUT2D eigenvalue weighted by atomic mass is 10.0. The molecule has 1 unspecified atom stereocenters. The number of benzene rings is 3. The summed E-state index contributed by atoms with van der Waals surface area (Å²) in [5, 5.41) is 3.43. The molecule has 5 nitrogen and oxygen atoms in total. The van der Waals surface area contributed by atoms with E-state index in [4.69, 9.17) is 9.47 Å². The highest BCUT2D eigenvalue weighted by Gasteiger charge is 2.29. The van der Waals surface area contributed by atoms with Gasteiger partial charge >= 0.3 is 0 Å². The molecule has 1 amide bonds. The van der Waals surface area contributed by atoms with E-state index < -0.39 is 0 Å². The molecule has 1 atom stereocenters. The molecule has 3 aromatic carbocycles. The van der Waals surface area contributed by atoms with E-state index in [2.05, 4.69) is 5.32 Å². The number of hydrogen-bond acceptors (Lipinski definition) is 4. The monoisotopic (exact) mass is 374 g/mol. The maximum absolute atomic E-state index is 12.6. The van der Waals surface area contributed by atoms with Crippen molar-refractivity contribution in [1.29, 1.82) is 0 Å². The molecule has 0 spiro atoms. The maximum atomic E-state index is 12.6. The molecule has 0 bridgehead atoms. The Labute approximate surface area is 164 Å². The van der Waals surface area contributed by atoms with Crippen LogP contribution in [0.5, 0.6) is 11.5 Å². The first-order chi connectivity index (χ1) is 13.7. The number of ether oxygens (including phenoxy) is 2. The lowest BCUT2D eigenvalue weighted by Gasteiger charge is -2.35. The van der Waals surface area contributed by atoms with Gasteiger partial charge in [-0.15, -0.1) is 0 Å². The van der Waals surface area contributed by atoms with Crippen LogP contribution in [0.15, 0.2) is 78.9 Å². The predicted octanol–water partition coefficient (Wildman–Crippen LogP) is 4.34. The van der Waals surface area contributed by atoms with Crippen molar-refractivity contribution in [2.75, 3.05) is 25.6 Å². The third-order valence-electron chi connectivity index (χ3n) is 4.72. The highest BCUT2D eigenvalue weighted by molar-refractivity contribution is 6.01. The predicted molar refractivity (Wildman–Crippen MR) is 109 cm³/mol. The average molecular weight is 374 g/mol. The Balaban J connectivity index is 1.36. The normalized spacial score (nSPS) is 15.5. The van der Waals surface area contributed by atoms with Crippen LogP contribution in [0.2, 0.25) is 0 Å². The lowest BCUT2D eigenvalue weighted by molar-refractivity contribution is 0.0735. The Morgan fingerprint density at radius 2 is 1.43 bits per heavy atom. The van der Waals surface area contributed by atoms with E-state index in [0.717, 1.165) is 22.7 Å². The number of fused-ring (bicyclic) bond motifs is 1. The maximum Gasteiger partial charge on any atom is 0.257 e. The Bertz CT molecular complexity index is 942. The number of amides is 1. The van der Waals surface area contributed by atoms with Crippen molar-refractivity contribution < 1.29 is 14.3 Å². The molecule has 0 aliphatic carbocycles. The van der Waals surface area contributed by atoms with Crippen LogP contribution in [0.3, 0.4) is 0 Å². The smallest absolute Gasteiger partial charge is 0.257 e. The highest BCUT2D eigenvalue weighted by Crippen LogP contribution is 2.32. The van der Waals surface area contributed by atoms with Crippen molar-refractivity contribution in [3.8, 4) is 11.5 Å². The fourth-order valence-electron chi connectivity index (χ4n) is 3.24. The second-order valence-electron chi connectivity index (χ2n) is 6.59. The van der Waals surface area contributed by atoms with Gasteiger partial charge < -0.3 is 19.7 Å². The second-order valence-corrected chi connectivity index (χ2v) is 6.59. The molecular weight excluding hydrogens is 352 g/mol. The van der Waals surface area contributed by atoms with Crippen LogP contribution in [0.25, 0.3) is 0 Å². The van der Waals surface area contributed by atoms with Crippen LogP contribution in [-0.2, 0) is 0 Å². The number of rotatable bonds is 6. The summed E-state index contributed by atoms with van der Waals surface area (Å²) >= 11 is 0. The summed E-state index contributed by atoms with van der Waals surface area (Å²) in [5.41, 5.74) is 2.55. The van der Waals surface area contributed by atoms with E-state index >= 15 is 0 Å². The molecule has 28 heavy (non-hydrogen) atoms. The summed E-state index contributed by atoms with van der Waals surface area (Å²) < 4.78 is 11.4. The molecule has 0 saturated heterocycles. The molecule has 1 aliphatic heterocycles.